The number of fused-ring (bicyclic) bond motifs is 3. The van der Waals surface area contributed by atoms with Crippen LogP contribution in [0.4, 0.5) is 0 Å². The number of aromatic nitrogens is 3. The molecule has 1 saturated heterocycles. The molecule has 4 rings (SSSR count). The van der Waals surface area contributed by atoms with Crippen LogP contribution >= 0.6 is 11.8 Å². The number of hydrogen-bond acceptors (Lipinski definition) is 4. The van der Waals surface area contributed by atoms with Crippen molar-refractivity contribution in [1.29, 1.82) is 0 Å². The fourth-order valence-corrected chi connectivity index (χ4v) is 4.18. The summed E-state index contributed by atoms with van der Waals surface area (Å²) in [5.41, 5.74) is 1.96. The summed E-state index contributed by atoms with van der Waals surface area (Å²) in [7, 11) is 1.70. The molecule has 1 aliphatic heterocycles. The molecule has 130 valence electrons. The zero-order valence-corrected chi connectivity index (χ0v) is 14.9. The van der Waals surface area contributed by atoms with Crippen LogP contribution in [0.3, 0.4) is 0 Å². The minimum Gasteiger partial charge on any atom is -0.349 e. The van der Waals surface area contributed by atoms with E-state index < -0.39 is 0 Å². The first kappa shape index (κ1) is 16.2. The minimum atomic E-state index is -0.117. The third kappa shape index (κ3) is 2.93. The van der Waals surface area contributed by atoms with Gasteiger partial charge in [-0.1, -0.05) is 30.0 Å². The molecule has 3 aromatic rings. The van der Waals surface area contributed by atoms with Gasteiger partial charge in [0.15, 0.2) is 5.16 Å². The van der Waals surface area contributed by atoms with Crippen LogP contribution in [0.2, 0.25) is 0 Å². The predicted octanol–water partition coefficient (Wildman–Crippen LogP) is 2.52. The minimum absolute atomic E-state index is 0.117. The summed E-state index contributed by atoms with van der Waals surface area (Å²) in [5.74, 6) is 0.437. The number of thioether (sulfide) groups is 1. The molecule has 1 aliphatic rings. The molecule has 1 N–H and O–H groups in total. The number of piperidine rings is 1. The van der Waals surface area contributed by atoms with Crippen molar-refractivity contribution in [2.45, 2.75) is 24.4 Å². The maximum atomic E-state index is 12.6. The van der Waals surface area contributed by atoms with Gasteiger partial charge in [0.2, 0.25) is 5.91 Å². The lowest BCUT2D eigenvalue weighted by atomic mass is 10.1. The Balaban J connectivity index is 1.65. The van der Waals surface area contributed by atoms with Crippen molar-refractivity contribution in [3.8, 4) is 0 Å². The van der Waals surface area contributed by atoms with Gasteiger partial charge in [-0.15, -0.1) is 0 Å². The largest absolute Gasteiger partial charge is 0.349 e. The quantitative estimate of drug-likeness (QED) is 0.578. The van der Waals surface area contributed by atoms with Crippen molar-refractivity contribution in [3.05, 3.63) is 34.6 Å². The first-order valence-electron chi connectivity index (χ1n) is 8.53. The highest BCUT2D eigenvalue weighted by atomic mass is 32.2. The zero-order chi connectivity index (χ0) is 17.4. The van der Waals surface area contributed by atoms with Gasteiger partial charge < -0.3 is 9.88 Å². The van der Waals surface area contributed by atoms with Gasteiger partial charge in [-0.2, -0.15) is 0 Å². The number of nitrogens with zero attached hydrogens (tertiary/aromatic N) is 3. The van der Waals surface area contributed by atoms with E-state index in [0.717, 1.165) is 36.8 Å². The van der Waals surface area contributed by atoms with Crippen LogP contribution in [0.5, 0.6) is 0 Å². The van der Waals surface area contributed by atoms with Gasteiger partial charge in [-0.3, -0.25) is 14.2 Å². The lowest BCUT2D eigenvalue weighted by Crippen LogP contribution is -2.36. The number of rotatable bonds is 3. The highest BCUT2D eigenvalue weighted by Gasteiger charge is 2.19. The first-order valence-corrected chi connectivity index (χ1v) is 9.52. The number of carbonyl (C=O) groups excluding carboxylic acids is 1. The fourth-order valence-electron chi connectivity index (χ4n) is 3.31. The summed E-state index contributed by atoms with van der Waals surface area (Å²) in [6.45, 7) is 1.68. The normalized spacial score (nSPS) is 15.2. The van der Waals surface area contributed by atoms with Crippen LogP contribution in [0.25, 0.3) is 21.9 Å². The maximum Gasteiger partial charge on any atom is 0.278 e. The summed E-state index contributed by atoms with van der Waals surface area (Å²) in [4.78, 5) is 34.8. The summed E-state index contributed by atoms with van der Waals surface area (Å²) in [5, 5.41) is 1.51. The van der Waals surface area contributed by atoms with E-state index in [1.54, 1.807) is 7.05 Å². The topological polar surface area (TPSA) is 71.0 Å². The monoisotopic (exact) mass is 356 g/mol. The number of benzene rings is 1. The van der Waals surface area contributed by atoms with Crippen LogP contribution in [0.1, 0.15) is 19.3 Å². The van der Waals surface area contributed by atoms with Gasteiger partial charge >= 0.3 is 0 Å². The second kappa shape index (κ2) is 6.55. The third-order valence-electron chi connectivity index (χ3n) is 4.73. The number of H-pyrrole nitrogens is 1. The lowest BCUT2D eigenvalue weighted by Gasteiger charge is -2.26. The van der Waals surface area contributed by atoms with Crippen LogP contribution in [0.15, 0.2) is 34.2 Å². The van der Waals surface area contributed by atoms with Crippen LogP contribution < -0.4 is 5.56 Å². The number of aromatic amines is 1. The second-order valence-electron chi connectivity index (χ2n) is 6.38. The molecule has 0 atom stereocenters. The zero-order valence-electron chi connectivity index (χ0n) is 14.1. The van der Waals surface area contributed by atoms with Gasteiger partial charge in [0.1, 0.15) is 11.0 Å². The van der Waals surface area contributed by atoms with Crippen molar-refractivity contribution in [2.75, 3.05) is 18.8 Å². The molecule has 3 heterocycles. The van der Waals surface area contributed by atoms with Crippen LogP contribution in [-0.2, 0) is 11.8 Å². The molecule has 7 heteroatoms. The molecule has 0 unspecified atom stereocenters. The smallest absolute Gasteiger partial charge is 0.278 e. The Morgan fingerprint density at radius 2 is 2.00 bits per heavy atom. The van der Waals surface area contributed by atoms with Gasteiger partial charge in [0.25, 0.3) is 5.56 Å². The van der Waals surface area contributed by atoms with Crippen molar-refractivity contribution in [2.24, 2.45) is 7.05 Å². The van der Waals surface area contributed by atoms with Crippen molar-refractivity contribution in [3.63, 3.8) is 0 Å². The molecule has 1 amide bonds. The van der Waals surface area contributed by atoms with Crippen molar-refractivity contribution < 1.29 is 4.79 Å². The maximum absolute atomic E-state index is 12.6. The predicted molar refractivity (Wildman–Crippen MR) is 100.0 cm³/mol. The SMILES string of the molecule is Cn1c(SCC(=O)N2CCCCC2)nc2c([nH]c3ccccc32)c1=O. The number of carbonyl (C=O) groups is 1. The van der Waals surface area contributed by atoms with E-state index >= 15 is 0 Å². The molecule has 0 spiro atoms. The molecule has 0 aliphatic carbocycles. The molecule has 0 radical (unpaired) electrons. The van der Waals surface area contributed by atoms with Crippen molar-refractivity contribution in [1.82, 2.24) is 19.4 Å². The van der Waals surface area contributed by atoms with Gasteiger partial charge in [-0.25, -0.2) is 4.98 Å². The van der Waals surface area contributed by atoms with Gasteiger partial charge in [0.05, 0.1) is 5.75 Å². The highest BCUT2D eigenvalue weighted by Crippen LogP contribution is 2.24. The molecule has 6 nitrogen and oxygen atoms in total. The van der Waals surface area contributed by atoms with E-state index in [9.17, 15) is 9.59 Å². The Morgan fingerprint density at radius 3 is 2.80 bits per heavy atom. The van der Waals surface area contributed by atoms with Crippen molar-refractivity contribution >= 4 is 39.6 Å². The average molecular weight is 356 g/mol. The van der Waals surface area contributed by atoms with Crippen LogP contribution in [-0.4, -0.2) is 44.2 Å². The summed E-state index contributed by atoms with van der Waals surface area (Å²) in [6, 6.07) is 7.74. The summed E-state index contributed by atoms with van der Waals surface area (Å²) < 4.78 is 1.52. The van der Waals surface area contributed by atoms with E-state index in [-0.39, 0.29) is 11.5 Å². The molecule has 0 saturated carbocycles. The second-order valence-corrected chi connectivity index (χ2v) is 7.33. The van der Waals surface area contributed by atoms with E-state index in [2.05, 4.69) is 9.97 Å². The Bertz CT molecular complexity index is 1000. The van der Waals surface area contributed by atoms with Gasteiger partial charge in [-0.05, 0) is 25.3 Å². The third-order valence-corrected chi connectivity index (χ3v) is 5.74. The van der Waals surface area contributed by atoms with Crippen LogP contribution in [0, 0.1) is 0 Å². The Labute approximate surface area is 149 Å². The van der Waals surface area contributed by atoms with E-state index in [0.29, 0.717) is 21.9 Å². The lowest BCUT2D eigenvalue weighted by molar-refractivity contribution is -0.129. The molecular formula is C18H20N4O2S. The molecule has 1 fully saturated rings. The highest BCUT2D eigenvalue weighted by molar-refractivity contribution is 7.99. The van der Waals surface area contributed by atoms with E-state index in [1.807, 2.05) is 29.2 Å². The first-order chi connectivity index (χ1) is 12.1. The molecule has 0 bridgehead atoms. The standard InChI is InChI=1S/C18H20N4O2S/c1-21-17(24)16-15(12-7-3-4-8-13(12)19-16)20-18(21)25-11-14(23)22-9-5-2-6-10-22/h3-4,7-8,19H,2,5-6,9-11H2,1H3. The van der Waals surface area contributed by atoms with E-state index in [1.165, 1.54) is 22.7 Å². The number of hydrogen-bond donors (Lipinski definition) is 1. The fraction of sp³-hybridized carbons (Fsp3) is 0.389. The Kier molecular flexibility index (Phi) is 4.25. The number of para-hydroxylation sites is 1. The number of likely N-dealkylation sites (tertiary alicyclic amines) is 1. The molecular weight excluding hydrogens is 336 g/mol. The number of amides is 1. The summed E-state index contributed by atoms with van der Waals surface area (Å²) in [6.07, 6.45) is 3.35. The molecule has 2 aromatic heterocycles. The Hall–Kier alpha value is -2.28. The van der Waals surface area contributed by atoms with E-state index in [4.69, 9.17) is 0 Å². The summed E-state index contributed by atoms with van der Waals surface area (Å²) >= 11 is 1.34. The average Bonchev–Trinajstić information content (AvgIpc) is 3.03. The Morgan fingerprint density at radius 1 is 1.24 bits per heavy atom. The number of nitrogens with one attached hydrogen (secondary N) is 1. The van der Waals surface area contributed by atoms with Gasteiger partial charge in [0, 0.05) is 31.0 Å². The molecule has 1 aromatic carbocycles. The molecule has 25 heavy (non-hydrogen) atoms.